The topological polar surface area (TPSA) is 106 Å². The third-order valence-corrected chi connectivity index (χ3v) is 7.05. The molecule has 37 heavy (non-hydrogen) atoms. The first-order valence-corrected chi connectivity index (χ1v) is 12.9. The summed E-state index contributed by atoms with van der Waals surface area (Å²) in [5.74, 6) is -2.10. The summed E-state index contributed by atoms with van der Waals surface area (Å²) in [4.78, 5) is 45.0. The zero-order chi connectivity index (χ0) is 26.7. The van der Waals surface area contributed by atoms with E-state index in [9.17, 15) is 19.5 Å². The number of amides is 1. The van der Waals surface area contributed by atoms with Gasteiger partial charge in [0.2, 0.25) is 0 Å². The number of hydrogen-bond acceptors (Lipinski definition) is 8. The van der Waals surface area contributed by atoms with Gasteiger partial charge in [0.15, 0.2) is 5.13 Å². The van der Waals surface area contributed by atoms with E-state index >= 15 is 0 Å². The minimum absolute atomic E-state index is 0.106. The molecule has 0 radical (unpaired) electrons. The summed E-state index contributed by atoms with van der Waals surface area (Å²) in [5.41, 5.74) is 1.13. The Kier molecular flexibility index (Phi) is 7.94. The third kappa shape index (κ3) is 5.23. The van der Waals surface area contributed by atoms with Crippen LogP contribution in [0.25, 0.3) is 5.76 Å². The second-order valence-corrected chi connectivity index (χ2v) is 9.64. The van der Waals surface area contributed by atoms with Gasteiger partial charge >= 0.3 is 11.9 Å². The van der Waals surface area contributed by atoms with Crippen molar-refractivity contribution in [3.05, 3.63) is 80.8 Å². The first-order valence-electron chi connectivity index (χ1n) is 11.7. The zero-order valence-electron chi connectivity index (χ0n) is 20.5. The maximum atomic E-state index is 13.4. The molecule has 1 fully saturated rings. The molecule has 0 spiro atoms. The third-order valence-electron chi connectivity index (χ3n) is 5.66. The molecule has 2 heterocycles. The quantitative estimate of drug-likeness (QED) is 0.169. The number of aromatic nitrogens is 1. The molecule has 8 nitrogen and oxygen atoms in total. The van der Waals surface area contributed by atoms with Crippen molar-refractivity contribution in [2.75, 3.05) is 18.1 Å². The second kappa shape index (κ2) is 11.1. The number of thiazole rings is 1. The van der Waals surface area contributed by atoms with E-state index < -0.39 is 23.7 Å². The second-order valence-electron chi connectivity index (χ2n) is 8.23. The summed E-state index contributed by atoms with van der Waals surface area (Å²) in [6, 6.07) is 12.3. The number of Topliss-reactive ketones (excluding diaryl/α,β-unsaturated/α-hetero) is 1. The van der Waals surface area contributed by atoms with Crippen molar-refractivity contribution in [3.63, 3.8) is 0 Å². The number of aliphatic hydroxyl groups is 1. The molecule has 0 saturated carbocycles. The van der Waals surface area contributed by atoms with E-state index in [1.165, 1.54) is 4.90 Å². The van der Waals surface area contributed by atoms with E-state index in [0.29, 0.717) is 34.2 Å². The number of hydrogen-bond donors (Lipinski definition) is 1. The van der Waals surface area contributed by atoms with Crippen LogP contribution in [-0.4, -0.2) is 41.0 Å². The molecular weight excluding hydrogens is 516 g/mol. The molecule has 2 aromatic carbocycles. The van der Waals surface area contributed by atoms with E-state index in [1.54, 1.807) is 62.4 Å². The lowest BCUT2D eigenvalue weighted by Crippen LogP contribution is -2.29. The van der Waals surface area contributed by atoms with Crippen LogP contribution in [-0.2, 0) is 14.3 Å². The molecule has 1 N–H and O–H groups in total. The Bertz CT molecular complexity index is 1380. The minimum atomic E-state index is -1.01. The summed E-state index contributed by atoms with van der Waals surface area (Å²) < 4.78 is 10.9. The van der Waals surface area contributed by atoms with E-state index in [2.05, 4.69) is 4.98 Å². The Hall–Kier alpha value is -3.69. The van der Waals surface area contributed by atoms with Crippen LogP contribution < -0.4 is 9.64 Å². The first-order chi connectivity index (χ1) is 17.8. The van der Waals surface area contributed by atoms with Gasteiger partial charge < -0.3 is 14.6 Å². The first kappa shape index (κ1) is 26.4. The van der Waals surface area contributed by atoms with Crippen LogP contribution in [0.5, 0.6) is 5.75 Å². The highest BCUT2D eigenvalue weighted by Crippen LogP contribution is 2.44. The van der Waals surface area contributed by atoms with Crippen LogP contribution in [0.4, 0.5) is 5.13 Å². The number of aryl methyl sites for hydroxylation is 1. The Morgan fingerprint density at radius 1 is 1.16 bits per heavy atom. The molecule has 3 aromatic rings. The molecular formula is C27H25ClN2O6S. The van der Waals surface area contributed by atoms with Crippen LogP contribution in [0.3, 0.4) is 0 Å². The van der Waals surface area contributed by atoms with E-state index in [1.807, 2.05) is 6.92 Å². The fourth-order valence-electron chi connectivity index (χ4n) is 3.97. The highest BCUT2D eigenvalue weighted by molar-refractivity contribution is 7.17. The lowest BCUT2D eigenvalue weighted by atomic mass is 9.95. The number of ketones is 1. The van der Waals surface area contributed by atoms with Crippen LogP contribution in [0, 0.1) is 6.92 Å². The molecule has 1 aliphatic rings. The van der Waals surface area contributed by atoms with Gasteiger partial charge in [0.1, 0.15) is 16.4 Å². The van der Waals surface area contributed by atoms with Crippen molar-refractivity contribution in [3.8, 4) is 5.75 Å². The Balaban J connectivity index is 1.90. The number of anilines is 1. The van der Waals surface area contributed by atoms with E-state index in [4.69, 9.17) is 21.1 Å². The Labute approximate surface area is 223 Å². The molecule has 192 valence electrons. The predicted octanol–water partition coefficient (Wildman–Crippen LogP) is 5.70. The summed E-state index contributed by atoms with van der Waals surface area (Å²) in [6.07, 6.45) is 0.800. The van der Waals surface area contributed by atoms with Gasteiger partial charge in [0, 0.05) is 10.6 Å². The molecule has 1 saturated heterocycles. The van der Waals surface area contributed by atoms with Crippen LogP contribution in [0.2, 0.25) is 5.02 Å². The lowest BCUT2D eigenvalue weighted by molar-refractivity contribution is -0.132. The number of carbonyl (C=O) groups excluding carboxylic acids is 3. The number of ether oxygens (including phenoxy) is 2. The Morgan fingerprint density at radius 2 is 1.89 bits per heavy atom. The molecule has 0 aliphatic carbocycles. The van der Waals surface area contributed by atoms with Gasteiger partial charge in [-0.3, -0.25) is 14.5 Å². The van der Waals surface area contributed by atoms with Crippen molar-refractivity contribution in [1.29, 1.82) is 0 Å². The maximum absolute atomic E-state index is 13.4. The van der Waals surface area contributed by atoms with Crippen LogP contribution in [0.15, 0.2) is 54.1 Å². The molecule has 1 aromatic heterocycles. The number of nitrogens with zero attached hydrogens (tertiary/aromatic N) is 2. The van der Waals surface area contributed by atoms with Crippen molar-refractivity contribution in [1.82, 2.24) is 4.98 Å². The van der Waals surface area contributed by atoms with Crippen molar-refractivity contribution in [2.24, 2.45) is 0 Å². The standard InChI is InChI=1S/C27H25ClN2O6S/c1-4-13-36-19-8-6-7-17(14-19)21-20(22(31)16-9-11-18(28)12-10-16)23(32)25(33)30(21)27-29-15(3)24(37-27)26(34)35-5-2/h6-12,14,21,31H,4-5,13H2,1-3H3/b22-20+. The smallest absolute Gasteiger partial charge is 0.350 e. The van der Waals surface area contributed by atoms with Gasteiger partial charge in [-0.1, -0.05) is 42.0 Å². The SMILES string of the molecule is CCCOc1cccc(C2/C(=C(\O)c3ccc(Cl)cc3)C(=O)C(=O)N2c2nc(C)c(C(=O)OCC)s2)c1. The molecule has 1 aliphatic heterocycles. The fraction of sp³-hybridized carbons (Fsp3) is 0.259. The summed E-state index contributed by atoms with van der Waals surface area (Å²) in [6.45, 7) is 5.98. The summed E-state index contributed by atoms with van der Waals surface area (Å²) >= 11 is 6.95. The van der Waals surface area contributed by atoms with Crippen molar-refractivity contribution < 1.29 is 29.0 Å². The number of benzene rings is 2. The molecule has 1 amide bonds. The van der Waals surface area contributed by atoms with Gasteiger partial charge in [0.05, 0.1) is 30.5 Å². The average molecular weight is 541 g/mol. The minimum Gasteiger partial charge on any atom is -0.507 e. The maximum Gasteiger partial charge on any atom is 0.350 e. The van der Waals surface area contributed by atoms with Crippen molar-refractivity contribution in [2.45, 2.75) is 33.2 Å². The summed E-state index contributed by atoms with van der Waals surface area (Å²) in [5, 5.41) is 11.8. The number of rotatable bonds is 8. The molecule has 1 atom stereocenters. The monoisotopic (exact) mass is 540 g/mol. The number of esters is 1. The molecule has 0 bridgehead atoms. The zero-order valence-corrected chi connectivity index (χ0v) is 22.1. The van der Waals surface area contributed by atoms with Gasteiger partial charge in [-0.15, -0.1) is 0 Å². The average Bonchev–Trinajstić information content (AvgIpc) is 3.40. The number of aliphatic hydroxyl groups excluding tert-OH is 1. The van der Waals surface area contributed by atoms with Gasteiger partial charge in [-0.05, 0) is 62.2 Å². The highest BCUT2D eigenvalue weighted by Gasteiger charge is 2.48. The van der Waals surface area contributed by atoms with Crippen molar-refractivity contribution >= 4 is 51.5 Å². The molecule has 1 unspecified atom stereocenters. The van der Waals surface area contributed by atoms with Gasteiger partial charge in [0.25, 0.3) is 5.78 Å². The van der Waals surface area contributed by atoms with Crippen LogP contribution >= 0.6 is 22.9 Å². The van der Waals surface area contributed by atoms with Gasteiger partial charge in [-0.2, -0.15) is 0 Å². The molecule has 10 heteroatoms. The Morgan fingerprint density at radius 3 is 2.57 bits per heavy atom. The van der Waals surface area contributed by atoms with E-state index in [0.717, 1.165) is 17.8 Å². The summed E-state index contributed by atoms with van der Waals surface area (Å²) in [7, 11) is 0. The molecule has 4 rings (SSSR count). The van der Waals surface area contributed by atoms with E-state index in [-0.39, 0.29) is 27.9 Å². The highest BCUT2D eigenvalue weighted by atomic mass is 35.5. The predicted molar refractivity (Wildman–Crippen MR) is 141 cm³/mol. The largest absolute Gasteiger partial charge is 0.507 e. The van der Waals surface area contributed by atoms with Gasteiger partial charge in [-0.25, -0.2) is 9.78 Å². The number of carbonyl (C=O) groups is 3. The normalized spacial score (nSPS) is 16.8. The lowest BCUT2D eigenvalue weighted by Gasteiger charge is -2.23. The fourth-order valence-corrected chi connectivity index (χ4v) is 5.09. The number of halogens is 1. The van der Waals surface area contributed by atoms with Crippen LogP contribution in [0.1, 0.15) is 52.8 Å².